The second-order valence-corrected chi connectivity index (χ2v) is 20.5. The first-order valence-corrected chi connectivity index (χ1v) is 28.0. The molecule has 4 rings (SSSR count). The molecule has 2 unspecified atom stereocenters. The van der Waals surface area contributed by atoms with E-state index in [1.807, 2.05) is 29.2 Å². The van der Waals surface area contributed by atoms with E-state index in [1.54, 1.807) is 42.5 Å². The Morgan fingerprint density at radius 2 is 1.11 bits per heavy atom. The van der Waals surface area contributed by atoms with Crippen molar-refractivity contribution in [1.29, 1.82) is 0 Å². The summed E-state index contributed by atoms with van der Waals surface area (Å²) >= 11 is 0. The Hall–Kier alpha value is -8.33. The fourth-order valence-electron chi connectivity index (χ4n) is 9.06. The Morgan fingerprint density at radius 3 is 1.66 bits per heavy atom. The molecule has 85 heavy (non-hydrogen) atoms. The summed E-state index contributed by atoms with van der Waals surface area (Å²) in [6.07, 6.45) is 7.47. The quantitative estimate of drug-likeness (QED) is 0.0306. The van der Waals surface area contributed by atoms with Gasteiger partial charge in [-0.05, 0) is 69.2 Å². The highest BCUT2D eigenvalue weighted by molar-refractivity contribution is 5.86. The van der Waals surface area contributed by atoms with Crippen LogP contribution >= 0.6 is 0 Å². The van der Waals surface area contributed by atoms with E-state index in [-0.39, 0.29) is 103 Å². The third-order valence-corrected chi connectivity index (χ3v) is 13.5. The first-order chi connectivity index (χ1) is 40.6. The molecular formula is C53H80N14O18. The summed E-state index contributed by atoms with van der Waals surface area (Å²) in [5.74, 6) is -7.50. The maximum atomic E-state index is 13.1. The van der Waals surface area contributed by atoms with Gasteiger partial charge in [-0.25, -0.2) is 19.4 Å². The molecule has 4 amide bonds. The van der Waals surface area contributed by atoms with E-state index >= 15 is 0 Å². The fourth-order valence-corrected chi connectivity index (χ4v) is 9.06. The van der Waals surface area contributed by atoms with Gasteiger partial charge in [0.05, 0.1) is 38.9 Å². The number of aliphatic carboxylic acids is 7. The van der Waals surface area contributed by atoms with Crippen LogP contribution in [0.2, 0.25) is 0 Å². The number of benzene rings is 1. The van der Waals surface area contributed by atoms with Gasteiger partial charge in [0.15, 0.2) is 0 Å². The Labute approximate surface area is 490 Å². The molecule has 32 heteroatoms. The van der Waals surface area contributed by atoms with Crippen molar-refractivity contribution in [1.82, 2.24) is 70.3 Å². The molecule has 3 heterocycles. The Bertz CT molecular complexity index is 2610. The zero-order valence-corrected chi connectivity index (χ0v) is 47.5. The average molecular weight is 1200 g/mol. The highest BCUT2D eigenvalue weighted by Gasteiger charge is 2.26. The topological polar surface area (TPSA) is 434 Å². The molecule has 1 aliphatic heterocycles. The molecule has 0 spiro atoms. The minimum Gasteiger partial charge on any atom is -0.487 e. The van der Waals surface area contributed by atoms with Crippen molar-refractivity contribution in [2.24, 2.45) is 0 Å². The smallest absolute Gasteiger partial charge is 0.326 e. The molecule has 1 aliphatic rings. The second-order valence-electron chi connectivity index (χ2n) is 20.5. The number of amides is 4. The van der Waals surface area contributed by atoms with Crippen LogP contribution in [0.1, 0.15) is 81.3 Å². The number of hydrogen-bond acceptors (Lipinski definition) is 19. The molecule has 0 saturated carbocycles. The second kappa shape index (κ2) is 37.8. The average Bonchev–Trinajstić information content (AvgIpc) is 4.28. The van der Waals surface area contributed by atoms with Crippen molar-refractivity contribution in [3.63, 3.8) is 0 Å². The summed E-state index contributed by atoms with van der Waals surface area (Å²) in [6.45, 7) is 3.83. The van der Waals surface area contributed by atoms with Gasteiger partial charge in [0, 0.05) is 104 Å². The van der Waals surface area contributed by atoms with Gasteiger partial charge in [-0.3, -0.25) is 62.7 Å². The van der Waals surface area contributed by atoms with Crippen molar-refractivity contribution in [2.45, 2.75) is 109 Å². The standard InChI is InChI=1S/C53H80N14O18/c68-44(55-15-4-3-7-41(51(80)81)57-53(84)58-42(52(82)83)13-14-46(70)71)8-2-1-5-18-65(31-43-54-17-20-66(43)36-50(78)79)29-38-9-11-40(12-10-38)85-37-39-30-67(60-59-39)19-6-16-56-45(69)32-61-21-23-62(33-47(72)73)25-27-64(35-49(76)77)28-26-63(24-22-61)34-48(74)75/h9-12,17,20,30,41-42H,1-8,13-16,18-19,21-29,31-37H2,(H,55,68)(H,56,69)(H,70,71)(H,72,73)(H,74,75)(H,76,77)(H,78,79)(H,80,81)(H,82,83)(H2,57,58,84). The molecular weight excluding hydrogens is 1120 g/mol. The Kier molecular flexibility index (Phi) is 30.7. The summed E-state index contributed by atoms with van der Waals surface area (Å²) in [6, 6.07) is 3.55. The zero-order valence-electron chi connectivity index (χ0n) is 47.5. The number of urea groups is 1. The number of imidazole rings is 1. The number of carboxylic acid groups (broad SMARTS) is 7. The van der Waals surface area contributed by atoms with Gasteiger partial charge in [0.1, 0.15) is 42.5 Å². The molecule has 1 aromatic carbocycles. The predicted molar refractivity (Wildman–Crippen MR) is 298 cm³/mol. The molecule has 0 radical (unpaired) electrons. The van der Waals surface area contributed by atoms with Gasteiger partial charge in [-0.1, -0.05) is 23.8 Å². The van der Waals surface area contributed by atoms with Gasteiger partial charge >= 0.3 is 47.8 Å². The minimum atomic E-state index is -1.52. The van der Waals surface area contributed by atoms with Crippen LogP contribution in [0.25, 0.3) is 0 Å². The third kappa shape index (κ3) is 29.7. The number of carbonyl (C=O) groups excluding carboxylic acids is 3. The lowest BCUT2D eigenvalue weighted by molar-refractivity contribution is -0.141. The highest BCUT2D eigenvalue weighted by atomic mass is 16.5. The molecule has 1 saturated heterocycles. The fraction of sp³-hybridized carbons (Fsp3) is 0.604. The summed E-state index contributed by atoms with van der Waals surface area (Å²) in [7, 11) is 0. The summed E-state index contributed by atoms with van der Waals surface area (Å²) < 4.78 is 9.21. The first kappa shape index (κ1) is 69.2. The van der Waals surface area contributed by atoms with E-state index in [4.69, 9.17) is 9.84 Å². The van der Waals surface area contributed by atoms with Crippen LogP contribution in [0.3, 0.4) is 0 Å². The number of carbonyl (C=O) groups is 10. The normalized spacial score (nSPS) is 14.7. The third-order valence-electron chi connectivity index (χ3n) is 13.5. The van der Waals surface area contributed by atoms with Gasteiger partial charge in [-0.2, -0.15) is 0 Å². The summed E-state index contributed by atoms with van der Waals surface area (Å²) in [5.41, 5.74) is 1.52. The maximum Gasteiger partial charge on any atom is 0.326 e. The number of carboxylic acids is 7. The van der Waals surface area contributed by atoms with Crippen molar-refractivity contribution < 1.29 is 88.4 Å². The van der Waals surface area contributed by atoms with Crippen LogP contribution in [-0.4, -0.2) is 255 Å². The van der Waals surface area contributed by atoms with Gasteiger partial charge < -0.3 is 66.3 Å². The SMILES string of the molecule is O=C(O)CCC(NC(=O)NC(CCCCNC(=O)CCCCCN(Cc1ccc(OCc2cn(CCCNC(=O)CN3CCN(CC(=O)O)CCN(CC(=O)O)CCN(CC(=O)O)CC3)nn2)cc1)Cc1nccn1CC(=O)O)C(=O)O)C(=O)O. The van der Waals surface area contributed by atoms with E-state index < -0.39 is 66.3 Å². The number of hydrogen-bond donors (Lipinski definition) is 11. The molecule has 32 nitrogen and oxygen atoms in total. The van der Waals surface area contributed by atoms with Crippen molar-refractivity contribution in [3.8, 4) is 5.75 Å². The van der Waals surface area contributed by atoms with Crippen LogP contribution in [-0.2, 0) is 75.9 Å². The van der Waals surface area contributed by atoms with E-state index in [0.717, 1.165) is 5.56 Å². The molecule has 0 aliphatic carbocycles. The molecule has 2 atom stereocenters. The highest BCUT2D eigenvalue weighted by Crippen LogP contribution is 2.18. The van der Waals surface area contributed by atoms with Crippen molar-refractivity contribution in [2.75, 3.05) is 98.2 Å². The molecule has 470 valence electrons. The zero-order chi connectivity index (χ0) is 62.1. The van der Waals surface area contributed by atoms with Crippen LogP contribution < -0.4 is 26.0 Å². The number of nitrogens with zero attached hydrogens (tertiary/aromatic N) is 10. The first-order valence-electron chi connectivity index (χ1n) is 28.0. The number of nitrogens with one attached hydrogen (secondary N) is 4. The van der Waals surface area contributed by atoms with E-state index in [0.29, 0.717) is 115 Å². The maximum absolute atomic E-state index is 13.1. The lowest BCUT2D eigenvalue weighted by Crippen LogP contribution is -2.51. The largest absolute Gasteiger partial charge is 0.487 e. The van der Waals surface area contributed by atoms with Gasteiger partial charge in [-0.15, -0.1) is 5.10 Å². The van der Waals surface area contributed by atoms with Gasteiger partial charge in [0.25, 0.3) is 0 Å². The number of aromatic nitrogens is 5. The van der Waals surface area contributed by atoms with E-state index in [2.05, 4.69) is 41.5 Å². The number of rotatable bonds is 39. The van der Waals surface area contributed by atoms with E-state index in [1.165, 1.54) is 0 Å². The molecule has 2 aromatic heterocycles. The number of ether oxygens (including phenoxy) is 1. The predicted octanol–water partition coefficient (Wildman–Crippen LogP) is -0.961. The molecule has 11 N–H and O–H groups in total. The van der Waals surface area contributed by atoms with Gasteiger partial charge in [0.2, 0.25) is 11.8 Å². The monoisotopic (exact) mass is 1200 g/mol. The Morgan fingerprint density at radius 1 is 0.565 bits per heavy atom. The summed E-state index contributed by atoms with van der Waals surface area (Å²) in [5, 5.41) is 83.8. The van der Waals surface area contributed by atoms with Crippen molar-refractivity contribution in [3.05, 3.63) is 59.9 Å². The summed E-state index contributed by atoms with van der Waals surface area (Å²) in [4.78, 5) is 132. The molecule has 0 bridgehead atoms. The number of unbranched alkanes of at least 4 members (excludes halogenated alkanes) is 3. The lowest BCUT2D eigenvalue weighted by Gasteiger charge is -2.32. The van der Waals surface area contributed by atoms with Crippen LogP contribution in [0.5, 0.6) is 5.75 Å². The van der Waals surface area contributed by atoms with E-state index in [9.17, 15) is 78.6 Å². The Balaban J connectivity index is 1.19. The minimum absolute atomic E-state index is 0.00529. The number of aryl methyl sites for hydroxylation is 1. The lowest BCUT2D eigenvalue weighted by atomic mass is 10.1. The van der Waals surface area contributed by atoms with Crippen LogP contribution in [0.4, 0.5) is 4.79 Å². The van der Waals surface area contributed by atoms with Crippen LogP contribution in [0, 0.1) is 0 Å². The van der Waals surface area contributed by atoms with Crippen LogP contribution in [0.15, 0.2) is 42.9 Å². The molecule has 3 aromatic rings. The molecule has 1 fully saturated rings. The van der Waals surface area contributed by atoms with Crippen molar-refractivity contribution >= 4 is 59.6 Å².